The third-order valence-corrected chi connectivity index (χ3v) is 8.12. The highest BCUT2D eigenvalue weighted by Crippen LogP contribution is 2.10. The van der Waals surface area contributed by atoms with Gasteiger partial charge in [0.1, 0.15) is 13.2 Å². The van der Waals surface area contributed by atoms with Gasteiger partial charge >= 0.3 is 17.9 Å². The largest absolute Gasteiger partial charge is 0.462 e. The molecule has 0 saturated carbocycles. The molecule has 0 aromatic carbocycles. The third kappa shape index (κ3) is 39.3. The van der Waals surface area contributed by atoms with E-state index in [4.69, 9.17) is 14.2 Å². The van der Waals surface area contributed by atoms with Crippen LogP contribution in [0.2, 0.25) is 0 Å². The molecule has 0 aromatic heterocycles. The van der Waals surface area contributed by atoms with Gasteiger partial charge in [-0.1, -0.05) is 156 Å². The fraction of sp³-hybridized carbons (Fsp3) is 0.562. The number of rotatable bonds is 35. The van der Waals surface area contributed by atoms with Crippen LogP contribution in [0.1, 0.15) is 156 Å². The highest BCUT2D eigenvalue weighted by Gasteiger charge is 2.19. The summed E-state index contributed by atoms with van der Waals surface area (Å²) in [6.45, 7) is 6.20. The second kappa shape index (κ2) is 41.8. The normalized spacial score (nSPS) is 13.2. The maximum atomic E-state index is 12.6. The van der Waals surface area contributed by atoms with Gasteiger partial charge in [-0.3, -0.25) is 14.4 Å². The zero-order chi connectivity index (χ0) is 39.4. The van der Waals surface area contributed by atoms with Crippen molar-refractivity contribution < 1.29 is 28.6 Å². The number of allylic oxidation sites excluding steroid dienone is 18. The maximum absolute atomic E-state index is 12.6. The van der Waals surface area contributed by atoms with Crippen molar-refractivity contribution in [3.63, 3.8) is 0 Å². The lowest BCUT2D eigenvalue weighted by atomic mass is 10.1. The molecule has 0 fully saturated rings. The Hall–Kier alpha value is -3.93. The van der Waals surface area contributed by atoms with Crippen molar-refractivity contribution in [2.75, 3.05) is 13.2 Å². The van der Waals surface area contributed by atoms with Gasteiger partial charge in [-0.2, -0.15) is 0 Å². The van der Waals surface area contributed by atoms with Gasteiger partial charge in [-0.05, 0) is 89.9 Å². The quantitative estimate of drug-likeness (QED) is 0.0211. The Morgan fingerprint density at radius 3 is 1.44 bits per heavy atom. The van der Waals surface area contributed by atoms with Gasteiger partial charge in [0.05, 0.1) is 0 Å². The molecule has 0 aromatic rings. The molecule has 0 spiro atoms. The van der Waals surface area contributed by atoms with Crippen LogP contribution in [0.4, 0.5) is 0 Å². The van der Waals surface area contributed by atoms with E-state index in [1.807, 2.05) is 48.6 Å². The molecule has 0 aliphatic carbocycles. The van der Waals surface area contributed by atoms with Crippen LogP contribution in [0, 0.1) is 0 Å². The average molecular weight is 747 g/mol. The molecule has 302 valence electrons. The summed E-state index contributed by atoms with van der Waals surface area (Å²) in [5.74, 6) is -1.06. The van der Waals surface area contributed by atoms with E-state index in [0.29, 0.717) is 19.3 Å². The first-order chi connectivity index (χ1) is 26.5. The van der Waals surface area contributed by atoms with Crippen molar-refractivity contribution in [3.05, 3.63) is 109 Å². The monoisotopic (exact) mass is 747 g/mol. The Labute approximate surface area is 330 Å². The van der Waals surface area contributed by atoms with Crippen molar-refractivity contribution in [1.29, 1.82) is 0 Å². The van der Waals surface area contributed by atoms with Crippen LogP contribution in [0.5, 0.6) is 0 Å². The van der Waals surface area contributed by atoms with Crippen molar-refractivity contribution in [2.24, 2.45) is 0 Å². The number of hydrogen-bond donors (Lipinski definition) is 0. The van der Waals surface area contributed by atoms with Crippen LogP contribution in [-0.4, -0.2) is 37.2 Å². The summed E-state index contributed by atoms with van der Waals surface area (Å²) in [6.07, 6.45) is 55.1. The van der Waals surface area contributed by atoms with Gasteiger partial charge in [0, 0.05) is 19.3 Å². The summed E-state index contributed by atoms with van der Waals surface area (Å²) < 4.78 is 16.5. The second-order valence-corrected chi connectivity index (χ2v) is 13.2. The molecule has 0 aliphatic heterocycles. The number of carbonyl (C=O) groups excluding carboxylic acids is 3. The van der Waals surface area contributed by atoms with E-state index >= 15 is 0 Å². The summed E-state index contributed by atoms with van der Waals surface area (Å²) in [5.41, 5.74) is 0. The predicted octanol–water partition coefficient (Wildman–Crippen LogP) is 13.2. The summed E-state index contributed by atoms with van der Waals surface area (Å²) in [5, 5.41) is 0. The molecular weight excluding hydrogens is 673 g/mol. The first kappa shape index (κ1) is 50.1. The molecule has 0 radical (unpaired) electrons. The summed E-state index contributed by atoms with van der Waals surface area (Å²) in [6, 6.07) is 0. The standard InChI is InChI=1S/C48H74O6/c1-4-7-10-13-16-19-21-23-24-25-27-29-32-35-38-41-47(50)53-44-45(43-52-46(49)40-37-34-31-28-18-15-12-9-6-3)54-48(51)42-39-36-33-30-26-22-20-17-14-11-8-5-2/h7-8,10-11,13,16-17,19-21,23-28,30-31,45H,4-6,9,12,14-15,18,22,29,32-44H2,1-3H3/b10-7-,11-8-,16-13-,20-17-,21-19-,24-23-,27-25-,30-26-,31-28-. The van der Waals surface area contributed by atoms with Gasteiger partial charge in [0.25, 0.3) is 0 Å². The number of ether oxygens (including phenoxy) is 3. The highest BCUT2D eigenvalue weighted by molar-refractivity contribution is 5.71. The number of hydrogen-bond acceptors (Lipinski definition) is 6. The van der Waals surface area contributed by atoms with Crippen LogP contribution >= 0.6 is 0 Å². The first-order valence-electron chi connectivity index (χ1n) is 21.0. The SMILES string of the molecule is CC\C=C/C=C\C=C/C=C\C=C/CCCCCC(=O)OCC(COC(=O)CCC/C=C\CCCCCC)OC(=O)CCCC/C=C\C/C=C\C/C=C\CC. The smallest absolute Gasteiger partial charge is 0.306 e. The molecule has 0 aliphatic rings. The van der Waals surface area contributed by atoms with E-state index in [9.17, 15) is 14.4 Å². The Morgan fingerprint density at radius 1 is 0.407 bits per heavy atom. The van der Waals surface area contributed by atoms with E-state index in [0.717, 1.165) is 77.0 Å². The van der Waals surface area contributed by atoms with Crippen LogP contribution in [0.15, 0.2) is 109 Å². The minimum Gasteiger partial charge on any atom is -0.462 e. The average Bonchev–Trinajstić information content (AvgIpc) is 3.17. The van der Waals surface area contributed by atoms with E-state index in [1.54, 1.807) is 0 Å². The molecule has 0 saturated heterocycles. The minimum absolute atomic E-state index is 0.126. The zero-order valence-corrected chi connectivity index (χ0v) is 34.2. The lowest BCUT2D eigenvalue weighted by Crippen LogP contribution is -2.30. The summed E-state index contributed by atoms with van der Waals surface area (Å²) >= 11 is 0. The molecule has 0 rings (SSSR count). The Balaban J connectivity index is 4.57. The van der Waals surface area contributed by atoms with Crippen molar-refractivity contribution >= 4 is 17.9 Å². The summed E-state index contributed by atoms with van der Waals surface area (Å²) in [7, 11) is 0. The fourth-order valence-electron chi connectivity index (χ4n) is 5.01. The van der Waals surface area contributed by atoms with Gasteiger partial charge in [0.2, 0.25) is 0 Å². The molecule has 0 N–H and O–H groups in total. The van der Waals surface area contributed by atoms with E-state index in [2.05, 4.69) is 81.5 Å². The number of esters is 3. The summed E-state index contributed by atoms with van der Waals surface area (Å²) in [4.78, 5) is 37.5. The van der Waals surface area contributed by atoms with Gasteiger partial charge in [0.15, 0.2) is 6.10 Å². The van der Waals surface area contributed by atoms with E-state index < -0.39 is 6.10 Å². The zero-order valence-electron chi connectivity index (χ0n) is 34.2. The first-order valence-corrected chi connectivity index (χ1v) is 21.0. The third-order valence-electron chi connectivity index (χ3n) is 8.12. The molecule has 1 atom stereocenters. The van der Waals surface area contributed by atoms with Crippen LogP contribution in [0.3, 0.4) is 0 Å². The van der Waals surface area contributed by atoms with Gasteiger partial charge in [-0.15, -0.1) is 0 Å². The molecule has 6 nitrogen and oxygen atoms in total. The predicted molar refractivity (Wildman–Crippen MR) is 228 cm³/mol. The topological polar surface area (TPSA) is 78.9 Å². The maximum Gasteiger partial charge on any atom is 0.306 e. The number of carbonyl (C=O) groups is 3. The van der Waals surface area contributed by atoms with Crippen LogP contribution in [-0.2, 0) is 28.6 Å². The second-order valence-electron chi connectivity index (χ2n) is 13.2. The number of unbranched alkanes of at least 4 members (excludes halogenated alkanes) is 10. The van der Waals surface area contributed by atoms with Crippen molar-refractivity contribution in [1.82, 2.24) is 0 Å². The van der Waals surface area contributed by atoms with Crippen LogP contribution in [0.25, 0.3) is 0 Å². The van der Waals surface area contributed by atoms with Crippen molar-refractivity contribution in [2.45, 2.75) is 162 Å². The van der Waals surface area contributed by atoms with Gasteiger partial charge < -0.3 is 14.2 Å². The molecular formula is C48H74O6. The van der Waals surface area contributed by atoms with Gasteiger partial charge in [-0.25, -0.2) is 0 Å². The highest BCUT2D eigenvalue weighted by atomic mass is 16.6. The molecule has 54 heavy (non-hydrogen) atoms. The lowest BCUT2D eigenvalue weighted by Gasteiger charge is -2.18. The molecule has 0 bridgehead atoms. The molecule has 0 amide bonds. The van der Waals surface area contributed by atoms with E-state index in [1.165, 1.54) is 25.7 Å². The Bertz CT molecular complexity index is 1180. The van der Waals surface area contributed by atoms with Crippen LogP contribution < -0.4 is 0 Å². The fourth-order valence-corrected chi connectivity index (χ4v) is 5.01. The van der Waals surface area contributed by atoms with Crippen molar-refractivity contribution in [3.8, 4) is 0 Å². The van der Waals surface area contributed by atoms with E-state index in [-0.39, 0.29) is 44.0 Å². The minimum atomic E-state index is -0.825. The lowest BCUT2D eigenvalue weighted by molar-refractivity contribution is -0.167. The Kier molecular flexibility index (Phi) is 38.8. The molecule has 1 unspecified atom stereocenters. The molecule has 6 heteroatoms. The Morgan fingerprint density at radius 2 is 0.833 bits per heavy atom. The molecule has 0 heterocycles.